The Labute approximate surface area is 394 Å². The van der Waals surface area contributed by atoms with Gasteiger partial charge >= 0.3 is 0 Å². The molecule has 0 heterocycles. The maximum absolute atomic E-state index is 12.5. The van der Waals surface area contributed by atoms with Crippen LogP contribution < -0.4 is 5.32 Å². The number of carbonyl (C=O) groups excluding carboxylic acids is 1. The largest absolute Gasteiger partial charge is 0.394 e. The Kier molecular flexibility index (Phi) is 53.3. The van der Waals surface area contributed by atoms with E-state index in [1.807, 2.05) is 6.08 Å². The molecule has 370 valence electrons. The van der Waals surface area contributed by atoms with E-state index in [0.717, 1.165) is 38.5 Å². The van der Waals surface area contributed by atoms with Gasteiger partial charge in [-0.1, -0.05) is 287 Å². The van der Waals surface area contributed by atoms with Gasteiger partial charge in [0.1, 0.15) is 0 Å². The summed E-state index contributed by atoms with van der Waals surface area (Å²) in [7, 11) is 0. The minimum absolute atomic E-state index is 0.0603. The first-order valence-electron chi connectivity index (χ1n) is 28.4. The zero-order valence-corrected chi connectivity index (χ0v) is 42.6. The maximum atomic E-state index is 12.5. The Morgan fingerprint density at radius 1 is 0.381 bits per heavy atom. The van der Waals surface area contributed by atoms with Crippen LogP contribution in [0, 0.1) is 0 Å². The molecule has 2 atom stereocenters. The van der Waals surface area contributed by atoms with Crippen molar-refractivity contribution in [3.8, 4) is 0 Å². The lowest BCUT2D eigenvalue weighted by Gasteiger charge is -2.20. The zero-order valence-electron chi connectivity index (χ0n) is 42.6. The van der Waals surface area contributed by atoms with Gasteiger partial charge in [-0.15, -0.1) is 0 Å². The Balaban J connectivity index is 3.46. The molecule has 0 aromatic carbocycles. The molecule has 4 heteroatoms. The molecule has 0 aliphatic heterocycles. The van der Waals surface area contributed by atoms with Crippen LogP contribution in [0.15, 0.2) is 48.6 Å². The lowest BCUT2D eigenvalue weighted by Crippen LogP contribution is -2.45. The van der Waals surface area contributed by atoms with Gasteiger partial charge in [0.05, 0.1) is 18.8 Å². The smallest absolute Gasteiger partial charge is 0.220 e. The third-order valence-electron chi connectivity index (χ3n) is 13.1. The summed E-state index contributed by atoms with van der Waals surface area (Å²) < 4.78 is 0. The Hall–Kier alpha value is -1.65. The first-order valence-corrected chi connectivity index (χ1v) is 28.4. The third-order valence-corrected chi connectivity index (χ3v) is 13.1. The number of allylic oxidation sites excluding steroid dienone is 7. The second kappa shape index (κ2) is 54.7. The van der Waals surface area contributed by atoms with Crippen molar-refractivity contribution >= 4 is 5.91 Å². The van der Waals surface area contributed by atoms with Crippen LogP contribution in [-0.4, -0.2) is 34.9 Å². The summed E-state index contributed by atoms with van der Waals surface area (Å²) in [5, 5.41) is 23.2. The van der Waals surface area contributed by atoms with E-state index < -0.39 is 12.1 Å². The van der Waals surface area contributed by atoms with Crippen LogP contribution in [0.4, 0.5) is 0 Å². The summed E-state index contributed by atoms with van der Waals surface area (Å²) in [6.45, 7) is 4.32. The molecule has 0 saturated heterocycles. The fourth-order valence-electron chi connectivity index (χ4n) is 8.72. The Morgan fingerprint density at radius 3 is 0.968 bits per heavy atom. The van der Waals surface area contributed by atoms with Crippen LogP contribution >= 0.6 is 0 Å². The van der Waals surface area contributed by atoms with Gasteiger partial charge in [-0.3, -0.25) is 4.79 Å². The molecule has 0 aromatic rings. The van der Waals surface area contributed by atoms with Crippen molar-refractivity contribution in [1.29, 1.82) is 0 Å². The van der Waals surface area contributed by atoms with Gasteiger partial charge in [-0.05, 0) is 57.8 Å². The second-order valence-corrected chi connectivity index (χ2v) is 19.4. The highest BCUT2D eigenvalue weighted by Crippen LogP contribution is 2.17. The van der Waals surface area contributed by atoms with E-state index in [2.05, 4.69) is 55.6 Å². The molecule has 0 radical (unpaired) electrons. The molecule has 1 amide bonds. The van der Waals surface area contributed by atoms with Crippen molar-refractivity contribution in [2.24, 2.45) is 0 Å². The van der Waals surface area contributed by atoms with E-state index in [4.69, 9.17) is 0 Å². The van der Waals surface area contributed by atoms with Gasteiger partial charge in [-0.25, -0.2) is 0 Å². The standard InChI is InChI=1S/C59H111NO3/c1-3-5-7-9-11-13-15-17-19-21-23-24-25-26-27-28-29-30-31-32-33-34-35-36-37-39-41-43-45-47-49-51-53-55-59(63)60-57(56-61)58(62)54-52-50-48-46-44-42-40-38-22-20-18-16-14-12-10-8-6-4-2/h15,17,21,23,25-26,52,54,57-58,61-62H,3-14,16,18-20,22,24,27-51,53,55-56H2,1-2H3,(H,60,63)/b17-15-,23-21-,26-25-,54-52+. The van der Waals surface area contributed by atoms with Gasteiger partial charge in [0.15, 0.2) is 0 Å². The van der Waals surface area contributed by atoms with Gasteiger partial charge < -0.3 is 15.5 Å². The molecule has 0 spiro atoms. The third kappa shape index (κ3) is 51.2. The van der Waals surface area contributed by atoms with Crippen molar-refractivity contribution in [1.82, 2.24) is 5.32 Å². The number of carbonyl (C=O) groups is 1. The molecule has 63 heavy (non-hydrogen) atoms. The fourth-order valence-corrected chi connectivity index (χ4v) is 8.72. The van der Waals surface area contributed by atoms with E-state index in [1.54, 1.807) is 6.08 Å². The van der Waals surface area contributed by atoms with E-state index in [1.165, 1.54) is 244 Å². The SMILES string of the molecule is CCCCCCC/C=C\C/C=C\C/C=C\CCCCCCCCCCCCCCCCCCCCC(=O)NC(CO)C(O)/C=C/CCCCCCCCCCCCCCCCCC. The van der Waals surface area contributed by atoms with E-state index in [0.29, 0.717) is 6.42 Å². The fraction of sp³-hybridized carbons (Fsp3) is 0.847. The number of unbranched alkanes of at least 4 members (excludes halogenated alkanes) is 39. The molecule has 0 aromatic heterocycles. The predicted octanol–water partition coefficient (Wildman–Crippen LogP) is 18.6. The number of hydrogen-bond donors (Lipinski definition) is 3. The van der Waals surface area contributed by atoms with Gasteiger partial charge in [0.2, 0.25) is 5.91 Å². The Morgan fingerprint density at radius 2 is 0.651 bits per heavy atom. The monoisotopic (exact) mass is 882 g/mol. The normalized spacial score (nSPS) is 13.1. The number of rotatable bonds is 52. The number of hydrogen-bond acceptors (Lipinski definition) is 3. The highest BCUT2D eigenvalue weighted by Gasteiger charge is 2.18. The van der Waals surface area contributed by atoms with Gasteiger partial charge in [0.25, 0.3) is 0 Å². The summed E-state index contributed by atoms with van der Waals surface area (Å²) in [5.74, 6) is -0.0603. The minimum Gasteiger partial charge on any atom is -0.394 e. The maximum Gasteiger partial charge on any atom is 0.220 e. The highest BCUT2D eigenvalue weighted by atomic mass is 16.3. The molecular formula is C59H111NO3. The predicted molar refractivity (Wildman–Crippen MR) is 281 cm³/mol. The molecule has 0 rings (SSSR count). The summed E-state index contributed by atoms with van der Waals surface area (Å²) in [5.41, 5.74) is 0. The van der Waals surface area contributed by atoms with Crippen LogP contribution in [0.2, 0.25) is 0 Å². The number of amides is 1. The molecule has 4 nitrogen and oxygen atoms in total. The average Bonchev–Trinajstić information content (AvgIpc) is 3.29. The molecule has 0 bridgehead atoms. The van der Waals surface area contributed by atoms with Gasteiger partial charge in [-0.2, -0.15) is 0 Å². The zero-order chi connectivity index (χ0) is 45.6. The summed E-state index contributed by atoms with van der Waals surface area (Å²) in [4.78, 5) is 12.5. The van der Waals surface area contributed by atoms with Crippen LogP contribution in [0.25, 0.3) is 0 Å². The average molecular weight is 883 g/mol. The van der Waals surface area contributed by atoms with Gasteiger partial charge in [0, 0.05) is 6.42 Å². The minimum atomic E-state index is -0.839. The van der Waals surface area contributed by atoms with Crippen LogP contribution in [-0.2, 0) is 4.79 Å². The van der Waals surface area contributed by atoms with Crippen molar-refractivity contribution < 1.29 is 15.0 Å². The number of aliphatic hydroxyl groups excluding tert-OH is 2. The number of nitrogens with one attached hydrogen (secondary N) is 1. The first kappa shape index (κ1) is 61.4. The van der Waals surface area contributed by atoms with Crippen LogP contribution in [0.1, 0.15) is 303 Å². The van der Waals surface area contributed by atoms with Crippen molar-refractivity contribution in [3.63, 3.8) is 0 Å². The van der Waals surface area contributed by atoms with Crippen molar-refractivity contribution in [2.75, 3.05) is 6.61 Å². The highest BCUT2D eigenvalue weighted by molar-refractivity contribution is 5.76. The van der Waals surface area contributed by atoms with Crippen LogP contribution in [0.3, 0.4) is 0 Å². The molecule has 0 saturated carbocycles. The molecule has 0 fully saturated rings. The van der Waals surface area contributed by atoms with E-state index in [-0.39, 0.29) is 12.5 Å². The Bertz CT molecular complexity index is 1000. The summed E-state index contributed by atoms with van der Waals surface area (Å²) in [6, 6.07) is -0.622. The molecule has 2 unspecified atom stereocenters. The van der Waals surface area contributed by atoms with E-state index in [9.17, 15) is 15.0 Å². The second-order valence-electron chi connectivity index (χ2n) is 19.4. The van der Waals surface area contributed by atoms with E-state index >= 15 is 0 Å². The quantitative estimate of drug-likeness (QED) is 0.0421. The van der Waals surface area contributed by atoms with Crippen molar-refractivity contribution in [3.05, 3.63) is 48.6 Å². The molecular weight excluding hydrogens is 771 g/mol. The van der Waals surface area contributed by atoms with Crippen LogP contribution in [0.5, 0.6) is 0 Å². The molecule has 0 aliphatic rings. The van der Waals surface area contributed by atoms with Crippen molar-refractivity contribution in [2.45, 2.75) is 315 Å². The molecule has 0 aliphatic carbocycles. The lowest BCUT2D eigenvalue weighted by atomic mass is 10.0. The summed E-state index contributed by atoms with van der Waals surface area (Å²) in [6.07, 6.45) is 75.6. The number of aliphatic hydroxyl groups is 2. The lowest BCUT2D eigenvalue weighted by molar-refractivity contribution is -0.123. The molecule has 3 N–H and O–H groups in total. The summed E-state index contributed by atoms with van der Waals surface area (Å²) >= 11 is 0. The first-order chi connectivity index (χ1) is 31.2. The topological polar surface area (TPSA) is 69.6 Å².